The fraction of sp³-hybridized carbons (Fsp3) is 0. The predicted molar refractivity (Wildman–Crippen MR) is 70.1 cm³/mol. The van der Waals surface area contributed by atoms with Gasteiger partial charge in [0, 0.05) is 22.5 Å². The Morgan fingerprint density at radius 1 is 0.722 bits per heavy atom. The molecule has 0 amide bonds. The molecule has 0 heterocycles. The maximum absolute atomic E-state index is 9.13. The van der Waals surface area contributed by atoms with Crippen LogP contribution < -0.4 is 11.5 Å². The van der Waals surface area contributed by atoms with Crippen LogP contribution in [0.15, 0.2) is 36.4 Å². The lowest BCUT2D eigenvalue weighted by atomic mass is 9.93. The maximum atomic E-state index is 9.13. The van der Waals surface area contributed by atoms with Crippen molar-refractivity contribution < 1.29 is 0 Å². The van der Waals surface area contributed by atoms with E-state index in [-0.39, 0.29) is 0 Å². The van der Waals surface area contributed by atoms with E-state index in [1.54, 1.807) is 36.4 Å². The van der Waals surface area contributed by atoms with Crippen LogP contribution in [0.5, 0.6) is 0 Å². The Hall–Kier alpha value is -2.98. The largest absolute Gasteiger partial charge is 0.398 e. The molecule has 2 aromatic carbocycles. The number of hydrogen-bond acceptors (Lipinski definition) is 4. The van der Waals surface area contributed by atoms with Crippen LogP contribution in [0.3, 0.4) is 0 Å². The lowest BCUT2D eigenvalue weighted by molar-refractivity contribution is 1.45. The third-order valence-electron chi connectivity index (χ3n) is 2.68. The van der Waals surface area contributed by atoms with Gasteiger partial charge < -0.3 is 11.5 Å². The van der Waals surface area contributed by atoms with E-state index in [1.807, 2.05) is 0 Å². The Morgan fingerprint density at radius 3 is 1.44 bits per heavy atom. The van der Waals surface area contributed by atoms with Crippen LogP contribution in [-0.2, 0) is 0 Å². The molecule has 4 heteroatoms. The Balaban J connectivity index is 2.87. The van der Waals surface area contributed by atoms with Crippen molar-refractivity contribution in [2.45, 2.75) is 0 Å². The molecule has 0 aliphatic carbocycles. The SMILES string of the molecule is N#Cc1cccc(N)c1-c1c(N)cccc1C#N. The van der Waals surface area contributed by atoms with E-state index in [9.17, 15) is 0 Å². The van der Waals surface area contributed by atoms with Gasteiger partial charge in [-0.05, 0) is 24.3 Å². The van der Waals surface area contributed by atoms with E-state index in [2.05, 4.69) is 12.1 Å². The molecule has 0 atom stereocenters. The molecular weight excluding hydrogens is 224 g/mol. The highest BCUT2D eigenvalue weighted by atomic mass is 14.6. The average Bonchev–Trinajstić information content (AvgIpc) is 2.38. The first-order valence-corrected chi connectivity index (χ1v) is 5.26. The molecule has 0 saturated carbocycles. The van der Waals surface area contributed by atoms with Crippen molar-refractivity contribution in [1.82, 2.24) is 0 Å². The zero-order chi connectivity index (χ0) is 13.1. The van der Waals surface area contributed by atoms with E-state index in [1.165, 1.54) is 0 Å². The molecule has 86 valence electrons. The van der Waals surface area contributed by atoms with Crippen molar-refractivity contribution in [3.05, 3.63) is 47.5 Å². The molecular formula is C14H10N4. The second kappa shape index (κ2) is 4.48. The number of anilines is 2. The molecule has 0 aromatic heterocycles. The van der Waals surface area contributed by atoms with Crippen LogP contribution >= 0.6 is 0 Å². The maximum Gasteiger partial charge on any atom is 0.0998 e. The summed E-state index contributed by atoms with van der Waals surface area (Å²) in [7, 11) is 0. The second-order valence-electron chi connectivity index (χ2n) is 3.76. The van der Waals surface area contributed by atoms with Crippen LogP contribution in [0.2, 0.25) is 0 Å². The Morgan fingerprint density at radius 2 is 1.11 bits per heavy atom. The number of nitrogens with zero attached hydrogens (tertiary/aromatic N) is 2. The third-order valence-corrected chi connectivity index (χ3v) is 2.68. The molecule has 0 aliphatic heterocycles. The first-order valence-electron chi connectivity index (χ1n) is 5.26. The highest BCUT2D eigenvalue weighted by Gasteiger charge is 2.15. The number of nitrogens with two attached hydrogens (primary N) is 2. The molecule has 18 heavy (non-hydrogen) atoms. The second-order valence-corrected chi connectivity index (χ2v) is 3.76. The summed E-state index contributed by atoms with van der Waals surface area (Å²) in [6.45, 7) is 0. The van der Waals surface area contributed by atoms with Gasteiger partial charge in [0.25, 0.3) is 0 Å². The van der Waals surface area contributed by atoms with Crippen LogP contribution in [0.1, 0.15) is 11.1 Å². The highest BCUT2D eigenvalue weighted by molar-refractivity contribution is 5.91. The number of benzene rings is 2. The van der Waals surface area contributed by atoms with E-state index in [0.717, 1.165) is 0 Å². The first kappa shape index (κ1) is 11.5. The summed E-state index contributed by atoms with van der Waals surface area (Å²) in [6.07, 6.45) is 0. The lowest BCUT2D eigenvalue weighted by Gasteiger charge is -2.12. The summed E-state index contributed by atoms with van der Waals surface area (Å²) in [5.41, 5.74) is 14.5. The number of rotatable bonds is 1. The van der Waals surface area contributed by atoms with Crippen molar-refractivity contribution >= 4 is 11.4 Å². The van der Waals surface area contributed by atoms with Crippen LogP contribution in [0.25, 0.3) is 11.1 Å². The topological polar surface area (TPSA) is 99.6 Å². The van der Waals surface area contributed by atoms with Gasteiger partial charge in [0.15, 0.2) is 0 Å². The van der Waals surface area contributed by atoms with E-state index in [0.29, 0.717) is 33.6 Å². The molecule has 0 aliphatic rings. The fourth-order valence-corrected chi connectivity index (χ4v) is 1.88. The highest BCUT2D eigenvalue weighted by Crippen LogP contribution is 2.35. The normalized spacial score (nSPS) is 9.44. The summed E-state index contributed by atoms with van der Waals surface area (Å²) in [5.74, 6) is 0. The van der Waals surface area contributed by atoms with Crippen LogP contribution in [0, 0.1) is 22.7 Å². The monoisotopic (exact) mass is 234 g/mol. The minimum Gasteiger partial charge on any atom is -0.398 e. The molecule has 2 aromatic rings. The van der Waals surface area contributed by atoms with Crippen LogP contribution in [0.4, 0.5) is 11.4 Å². The molecule has 2 rings (SSSR count). The zero-order valence-corrected chi connectivity index (χ0v) is 9.51. The quantitative estimate of drug-likeness (QED) is 0.739. The molecule has 0 bridgehead atoms. The molecule has 4 N–H and O–H groups in total. The van der Waals surface area contributed by atoms with Gasteiger partial charge in [-0.1, -0.05) is 12.1 Å². The number of hydrogen-bond donors (Lipinski definition) is 2. The van der Waals surface area contributed by atoms with Gasteiger partial charge in [-0.15, -0.1) is 0 Å². The van der Waals surface area contributed by atoms with E-state index in [4.69, 9.17) is 22.0 Å². The zero-order valence-electron chi connectivity index (χ0n) is 9.51. The smallest absolute Gasteiger partial charge is 0.0998 e. The average molecular weight is 234 g/mol. The summed E-state index contributed by atoms with van der Waals surface area (Å²) < 4.78 is 0. The summed E-state index contributed by atoms with van der Waals surface area (Å²) in [4.78, 5) is 0. The fourth-order valence-electron chi connectivity index (χ4n) is 1.88. The van der Waals surface area contributed by atoms with Crippen molar-refractivity contribution in [1.29, 1.82) is 10.5 Å². The first-order chi connectivity index (χ1) is 8.69. The molecule has 0 saturated heterocycles. The van der Waals surface area contributed by atoms with Crippen molar-refractivity contribution in [2.24, 2.45) is 0 Å². The minimum absolute atomic E-state index is 0.407. The molecule has 0 fully saturated rings. The van der Waals surface area contributed by atoms with E-state index < -0.39 is 0 Å². The van der Waals surface area contributed by atoms with Gasteiger partial charge in [0.05, 0.1) is 23.3 Å². The Kier molecular flexibility index (Phi) is 2.87. The van der Waals surface area contributed by atoms with Gasteiger partial charge in [0.2, 0.25) is 0 Å². The standard InChI is InChI=1S/C14H10N4/c15-7-9-3-1-5-11(17)13(9)14-10(8-16)4-2-6-12(14)18/h1-6H,17-18H2. The van der Waals surface area contributed by atoms with Gasteiger partial charge in [-0.25, -0.2) is 0 Å². The number of nitriles is 2. The predicted octanol–water partition coefficient (Wildman–Crippen LogP) is 2.26. The Bertz CT molecular complexity index is 628. The van der Waals surface area contributed by atoms with Gasteiger partial charge in [0.1, 0.15) is 0 Å². The van der Waals surface area contributed by atoms with Crippen LogP contribution in [-0.4, -0.2) is 0 Å². The molecule has 0 unspecified atom stereocenters. The Labute approximate surface area is 105 Å². The minimum atomic E-state index is 0.407. The van der Waals surface area contributed by atoms with Crippen molar-refractivity contribution in [2.75, 3.05) is 11.5 Å². The molecule has 0 spiro atoms. The summed E-state index contributed by atoms with van der Waals surface area (Å²) >= 11 is 0. The molecule has 4 nitrogen and oxygen atoms in total. The lowest BCUT2D eigenvalue weighted by Crippen LogP contribution is -1.99. The van der Waals surface area contributed by atoms with Crippen molar-refractivity contribution in [3.63, 3.8) is 0 Å². The van der Waals surface area contributed by atoms with Crippen molar-refractivity contribution in [3.8, 4) is 23.3 Å². The summed E-state index contributed by atoms with van der Waals surface area (Å²) in [6, 6.07) is 14.2. The molecule has 0 radical (unpaired) electrons. The third kappa shape index (κ3) is 1.73. The van der Waals surface area contributed by atoms with Gasteiger partial charge in [-0.3, -0.25) is 0 Å². The van der Waals surface area contributed by atoms with Gasteiger partial charge >= 0.3 is 0 Å². The van der Waals surface area contributed by atoms with E-state index >= 15 is 0 Å². The van der Waals surface area contributed by atoms with Gasteiger partial charge in [-0.2, -0.15) is 10.5 Å². The summed E-state index contributed by atoms with van der Waals surface area (Å²) in [5, 5.41) is 18.3. The number of nitrogen functional groups attached to an aromatic ring is 2.